The number of rotatable bonds is 24. The van der Waals surface area contributed by atoms with Crippen molar-refractivity contribution in [3.05, 3.63) is 78.9 Å². The lowest BCUT2D eigenvalue weighted by Crippen LogP contribution is -2.19. The summed E-state index contributed by atoms with van der Waals surface area (Å²) in [7, 11) is -2.12. The first-order valence-electron chi connectivity index (χ1n) is 14.8. The van der Waals surface area contributed by atoms with E-state index in [0.29, 0.717) is 102 Å². The predicted octanol–water partition coefficient (Wildman–Crippen LogP) is 4.24. The summed E-state index contributed by atoms with van der Waals surface area (Å²) in [5.74, 6) is 0.631. The van der Waals surface area contributed by atoms with Crippen molar-refractivity contribution < 1.29 is 46.4 Å². The lowest BCUT2D eigenvalue weighted by atomic mass is 10.3. The Labute approximate surface area is 270 Å². The number of carbonyl (C=O) groups is 1. The molecule has 0 radical (unpaired) electrons. The Balaban J connectivity index is 1.19. The Kier molecular flexibility index (Phi) is 17.5. The van der Waals surface area contributed by atoms with Gasteiger partial charge in [-0.3, -0.25) is 4.72 Å². The van der Waals surface area contributed by atoms with E-state index in [1.54, 1.807) is 61.7 Å². The zero-order valence-corrected chi connectivity index (χ0v) is 26.8. The van der Waals surface area contributed by atoms with Gasteiger partial charge in [0.05, 0.1) is 77.6 Å². The van der Waals surface area contributed by atoms with Gasteiger partial charge in [-0.25, -0.2) is 13.2 Å². The van der Waals surface area contributed by atoms with Crippen LogP contribution in [0.3, 0.4) is 0 Å². The minimum atomic E-state index is -3.75. The van der Waals surface area contributed by atoms with Gasteiger partial charge in [0.25, 0.3) is 10.0 Å². The Morgan fingerprint density at radius 2 is 0.978 bits per heavy atom. The van der Waals surface area contributed by atoms with Gasteiger partial charge in [-0.15, -0.1) is 0 Å². The Morgan fingerprint density at radius 3 is 1.46 bits per heavy atom. The molecular weight excluding hydrogens is 618 g/mol. The number of para-hydroxylation sites is 1. The number of nitrogens with one attached hydrogen (secondary N) is 3. The normalized spacial score (nSPS) is 11.2. The van der Waals surface area contributed by atoms with Gasteiger partial charge in [0.15, 0.2) is 0 Å². The fraction of sp³-hybridized carbons (Fsp3) is 0.406. The van der Waals surface area contributed by atoms with Crippen molar-refractivity contribution in [2.75, 3.05) is 102 Å². The molecular formula is C32H43N3O10S. The third kappa shape index (κ3) is 15.5. The molecule has 14 heteroatoms. The zero-order valence-electron chi connectivity index (χ0n) is 26.0. The summed E-state index contributed by atoms with van der Waals surface area (Å²) >= 11 is 0. The van der Waals surface area contributed by atoms with Crippen molar-refractivity contribution >= 4 is 33.1 Å². The molecule has 252 valence electrons. The molecule has 0 saturated heterocycles. The maximum atomic E-state index is 12.6. The third-order valence-electron chi connectivity index (χ3n) is 5.98. The molecule has 0 fully saturated rings. The van der Waals surface area contributed by atoms with E-state index in [4.69, 9.17) is 33.2 Å². The van der Waals surface area contributed by atoms with E-state index in [0.717, 1.165) is 0 Å². The van der Waals surface area contributed by atoms with E-state index in [2.05, 4.69) is 15.4 Å². The molecule has 3 aromatic carbocycles. The number of carbonyl (C=O) groups excluding carboxylic acids is 1. The van der Waals surface area contributed by atoms with Crippen molar-refractivity contribution in [1.82, 2.24) is 0 Å². The standard InChI is InChI=1S/C32H43N3O10S/c1-39-15-16-40-17-18-41-19-20-42-21-22-43-23-24-44-25-26-45-30-11-7-27(8-12-30)33-32(36)34-28-9-13-31(14-10-28)46(37,38)35-29-5-3-2-4-6-29/h2-14,35H,15-26H2,1H3,(H2,33,34,36). The summed E-state index contributed by atoms with van der Waals surface area (Å²) in [5, 5.41) is 5.40. The third-order valence-corrected chi connectivity index (χ3v) is 7.37. The van der Waals surface area contributed by atoms with Gasteiger partial charge in [-0.1, -0.05) is 18.2 Å². The summed E-state index contributed by atoms with van der Waals surface area (Å²) in [5.41, 5.74) is 1.46. The summed E-state index contributed by atoms with van der Waals surface area (Å²) < 4.78 is 65.3. The number of anilines is 3. The van der Waals surface area contributed by atoms with Crippen LogP contribution in [-0.2, 0) is 38.4 Å². The lowest BCUT2D eigenvalue weighted by Gasteiger charge is -2.11. The first kappa shape index (κ1) is 36.7. The van der Waals surface area contributed by atoms with Gasteiger partial charge in [0, 0.05) is 24.2 Å². The van der Waals surface area contributed by atoms with Crippen LogP contribution in [0.2, 0.25) is 0 Å². The average Bonchev–Trinajstić information content (AvgIpc) is 3.05. The lowest BCUT2D eigenvalue weighted by molar-refractivity contribution is -0.0159. The van der Waals surface area contributed by atoms with E-state index in [9.17, 15) is 13.2 Å². The van der Waals surface area contributed by atoms with Gasteiger partial charge >= 0.3 is 6.03 Å². The topological polar surface area (TPSA) is 152 Å². The second-order valence-electron chi connectivity index (χ2n) is 9.50. The number of benzene rings is 3. The average molecular weight is 662 g/mol. The second kappa shape index (κ2) is 21.9. The zero-order chi connectivity index (χ0) is 32.7. The van der Waals surface area contributed by atoms with Crippen LogP contribution in [0.1, 0.15) is 0 Å². The number of urea groups is 1. The van der Waals surface area contributed by atoms with Crippen LogP contribution >= 0.6 is 0 Å². The predicted molar refractivity (Wildman–Crippen MR) is 174 cm³/mol. The number of ether oxygens (including phenoxy) is 7. The van der Waals surface area contributed by atoms with E-state index in [1.165, 1.54) is 24.3 Å². The molecule has 0 heterocycles. The molecule has 0 spiro atoms. The number of methoxy groups -OCH3 is 1. The van der Waals surface area contributed by atoms with Crippen LogP contribution in [-0.4, -0.2) is 101 Å². The summed E-state index contributed by atoms with van der Waals surface area (Å²) in [6.07, 6.45) is 0. The fourth-order valence-corrected chi connectivity index (χ4v) is 4.77. The molecule has 0 unspecified atom stereocenters. The van der Waals surface area contributed by atoms with Crippen LogP contribution in [0.15, 0.2) is 83.8 Å². The Bertz CT molecular complexity index is 1340. The highest BCUT2D eigenvalue weighted by atomic mass is 32.2. The van der Waals surface area contributed by atoms with Crippen LogP contribution in [0, 0.1) is 0 Å². The summed E-state index contributed by atoms with van der Waals surface area (Å²) in [6.45, 7) is 5.82. The van der Waals surface area contributed by atoms with Crippen molar-refractivity contribution in [2.45, 2.75) is 4.90 Å². The maximum absolute atomic E-state index is 12.6. The van der Waals surface area contributed by atoms with Crippen molar-refractivity contribution in [3.63, 3.8) is 0 Å². The smallest absolute Gasteiger partial charge is 0.323 e. The molecule has 0 aliphatic carbocycles. The number of hydrogen-bond acceptors (Lipinski definition) is 10. The van der Waals surface area contributed by atoms with E-state index >= 15 is 0 Å². The largest absolute Gasteiger partial charge is 0.491 e. The summed E-state index contributed by atoms with van der Waals surface area (Å²) in [6, 6.07) is 20.9. The molecule has 46 heavy (non-hydrogen) atoms. The van der Waals surface area contributed by atoms with Crippen LogP contribution in [0.5, 0.6) is 5.75 Å². The van der Waals surface area contributed by atoms with Gasteiger partial charge < -0.3 is 43.8 Å². The molecule has 3 aromatic rings. The minimum Gasteiger partial charge on any atom is -0.491 e. The van der Waals surface area contributed by atoms with Crippen LogP contribution in [0.4, 0.5) is 21.9 Å². The van der Waals surface area contributed by atoms with Gasteiger partial charge in [0.2, 0.25) is 0 Å². The van der Waals surface area contributed by atoms with Crippen molar-refractivity contribution in [2.24, 2.45) is 0 Å². The molecule has 2 amide bonds. The maximum Gasteiger partial charge on any atom is 0.323 e. The van der Waals surface area contributed by atoms with E-state index in [-0.39, 0.29) is 4.90 Å². The first-order valence-corrected chi connectivity index (χ1v) is 16.3. The number of hydrogen-bond donors (Lipinski definition) is 3. The summed E-state index contributed by atoms with van der Waals surface area (Å²) in [4.78, 5) is 12.5. The highest BCUT2D eigenvalue weighted by Gasteiger charge is 2.14. The highest BCUT2D eigenvalue weighted by molar-refractivity contribution is 7.92. The van der Waals surface area contributed by atoms with E-state index < -0.39 is 16.1 Å². The molecule has 0 bridgehead atoms. The molecule has 3 rings (SSSR count). The quantitative estimate of drug-likeness (QED) is 0.119. The fourth-order valence-electron chi connectivity index (χ4n) is 3.71. The highest BCUT2D eigenvalue weighted by Crippen LogP contribution is 2.19. The number of sulfonamides is 1. The molecule has 3 N–H and O–H groups in total. The van der Waals surface area contributed by atoms with E-state index in [1.807, 2.05) is 0 Å². The van der Waals surface area contributed by atoms with Crippen molar-refractivity contribution in [1.29, 1.82) is 0 Å². The first-order chi connectivity index (χ1) is 22.5. The molecule has 0 aromatic heterocycles. The molecule has 0 aliphatic rings. The van der Waals surface area contributed by atoms with Crippen LogP contribution < -0.4 is 20.1 Å². The minimum absolute atomic E-state index is 0.0763. The monoisotopic (exact) mass is 661 g/mol. The second-order valence-corrected chi connectivity index (χ2v) is 11.2. The Hall–Kier alpha value is -3.76. The van der Waals surface area contributed by atoms with Gasteiger partial charge in [-0.05, 0) is 60.7 Å². The molecule has 0 aliphatic heterocycles. The van der Waals surface area contributed by atoms with Crippen LogP contribution in [0.25, 0.3) is 0 Å². The van der Waals surface area contributed by atoms with Crippen molar-refractivity contribution in [3.8, 4) is 5.75 Å². The molecule has 0 atom stereocenters. The molecule has 13 nitrogen and oxygen atoms in total. The van der Waals surface area contributed by atoms with Gasteiger partial charge in [-0.2, -0.15) is 0 Å². The van der Waals surface area contributed by atoms with Gasteiger partial charge in [0.1, 0.15) is 12.4 Å². The SMILES string of the molecule is COCCOCCOCCOCCOCCOCCOc1ccc(NC(=O)Nc2ccc(S(=O)(=O)Nc3ccccc3)cc2)cc1. The number of amides is 2. The molecule has 0 saturated carbocycles. The Morgan fingerprint density at radius 1 is 0.543 bits per heavy atom.